The number of carbonyl (C=O) groups excluding carboxylic acids is 1. The standard InChI is InChI=1S/C7H7ClN2O/c1-4-2-5(9)7(8)6(3-11)10-4/h2-3H,1H3,(H2,9,10). The summed E-state index contributed by atoms with van der Waals surface area (Å²) in [7, 11) is 0. The molecule has 1 aromatic rings. The zero-order valence-electron chi connectivity index (χ0n) is 5.97. The van der Waals surface area contributed by atoms with Gasteiger partial charge in [-0.05, 0) is 13.0 Å². The van der Waals surface area contributed by atoms with Gasteiger partial charge in [-0.25, -0.2) is 4.98 Å². The van der Waals surface area contributed by atoms with Gasteiger partial charge >= 0.3 is 0 Å². The maximum absolute atomic E-state index is 10.3. The van der Waals surface area contributed by atoms with E-state index >= 15 is 0 Å². The fourth-order valence-electron chi connectivity index (χ4n) is 0.786. The van der Waals surface area contributed by atoms with Gasteiger partial charge in [-0.3, -0.25) is 4.79 Å². The number of nitrogens with zero attached hydrogens (tertiary/aromatic N) is 1. The third-order valence-corrected chi connectivity index (χ3v) is 1.66. The van der Waals surface area contributed by atoms with Crippen molar-refractivity contribution in [2.45, 2.75) is 6.92 Å². The summed E-state index contributed by atoms with van der Waals surface area (Å²) >= 11 is 5.65. The fraction of sp³-hybridized carbons (Fsp3) is 0.143. The Kier molecular flexibility index (Phi) is 2.10. The van der Waals surface area contributed by atoms with Crippen LogP contribution in [-0.4, -0.2) is 11.3 Å². The fourth-order valence-corrected chi connectivity index (χ4v) is 0.927. The van der Waals surface area contributed by atoms with Crippen molar-refractivity contribution >= 4 is 23.6 Å². The molecule has 58 valence electrons. The average Bonchev–Trinajstić information content (AvgIpc) is 1.96. The molecule has 0 unspecified atom stereocenters. The van der Waals surface area contributed by atoms with E-state index in [9.17, 15) is 4.79 Å². The summed E-state index contributed by atoms with van der Waals surface area (Å²) in [4.78, 5) is 14.2. The Labute approximate surface area is 69.2 Å². The molecule has 0 amide bonds. The highest BCUT2D eigenvalue weighted by molar-refractivity contribution is 6.35. The maximum Gasteiger partial charge on any atom is 0.170 e. The normalized spacial score (nSPS) is 9.64. The van der Waals surface area contributed by atoms with Gasteiger partial charge in [0.15, 0.2) is 6.29 Å². The average molecular weight is 171 g/mol. The van der Waals surface area contributed by atoms with E-state index in [1.807, 2.05) is 0 Å². The molecule has 0 aliphatic heterocycles. The van der Waals surface area contributed by atoms with Crippen LogP contribution in [0.25, 0.3) is 0 Å². The van der Waals surface area contributed by atoms with E-state index in [1.165, 1.54) is 0 Å². The van der Waals surface area contributed by atoms with Crippen LogP contribution in [0.15, 0.2) is 6.07 Å². The second-order valence-electron chi connectivity index (χ2n) is 2.17. The number of anilines is 1. The zero-order chi connectivity index (χ0) is 8.43. The molecule has 3 nitrogen and oxygen atoms in total. The summed E-state index contributed by atoms with van der Waals surface area (Å²) in [5, 5.41) is 0.227. The Balaban J connectivity index is 3.35. The highest BCUT2D eigenvalue weighted by Gasteiger charge is 2.04. The van der Waals surface area contributed by atoms with Crippen molar-refractivity contribution in [3.8, 4) is 0 Å². The van der Waals surface area contributed by atoms with E-state index in [0.29, 0.717) is 17.7 Å². The van der Waals surface area contributed by atoms with Gasteiger partial charge in [0.1, 0.15) is 5.69 Å². The Morgan fingerprint density at radius 1 is 1.73 bits per heavy atom. The molecule has 1 aromatic heterocycles. The summed E-state index contributed by atoms with van der Waals surface area (Å²) < 4.78 is 0. The molecule has 2 N–H and O–H groups in total. The smallest absolute Gasteiger partial charge is 0.170 e. The first-order valence-corrected chi connectivity index (χ1v) is 3.40. The molecule has 1 rings (SSSR count). The number of aryl methyl sites for hydroxylation is 1. The molecule has 0 bridgehead atoms. The van der Waals surface area contributed by atoms with Crippen LogP contribution in [0.3, 0.4) is 0 Å². The first-order chi connectivity index (χ1) is 5.15. The van der Waals surface area contributed by atoms with Crippen molar-refractivity contribution in [2.75, 3.05) is 5.73 Å². The summed E-state index contributed by atoms with van der Waals surface area (Å²) in [5.74, 6) is 0. The molecule has 0 saturated heterocycles. The monoisotopic (exact) mass is 170 g/mol. The third-order valence-electron chi connectivity index (χ3n) is 1.25. The first kappa shape index (κ1) is 8.01. The lowest BCUT2D eigenvalue weighted by atomic mass is 10.3. The van der Waals surface area contributed by atoms with Crippen LogP contribution in [0.4, 0.5) is 5.69 Å². The van der Waals surface area contributed by atoms with E-state index in [4.69, 9.17) is 17.3 Å². The second kappa shape index (κ2) is 2.88. The van der Waals surface area contributed by atoms with Crippen LogP contribution < -0.4 is 5.73 Å². The minimum absolute atomic E-state index is 0.198. The van der Waals surface area contributed by atoms with Crippen molar-refractivity contribution < 1.29 is 4.79 Å². The predicted molar refractivity (Wildman–Crippen MR) is 43.8 cm³/mol. The number of hydrogen-bond acceptors (Lipinski definition) is 3. The number of aromatic nitrogens is 1. The lowest BCUT2D eigenvalue weighted by Gasteiger charge is -2.00. The second-order valence-corrected chi connectivity index (χ2v) is 2.55. The molecule has 0 saturated carbocycles. The van der Waals surface area contributed by atoms with E-state index in [1.54, 1.807) is 13.0 Å². The van der Waals surface area contributed by atoms with Crippen LogP contribution >= 0.6 is 11.6 Å². The molecule has 11 heavy (non-hydrogen) atoms. The van der Waals surface area contributed by atoms with E-state index < -0.39 is 0 Å². The number of nitrogen functional groups attached to an aromatic ring is 1. The SMILES string of the molecule is Cc1cc(N)c(Cl)c(C=O)n1. The van der Waals surface area contributed by atoms with Gasteiger partial charge in [-0.2, -0.15) is 0 Å². The van der Waals surface area contributed by atoms with Crippen molar-refractivity contribution in [1.82, 2.24) is 4.98 Å². The lowest BCUT2D eigenvalue weighted by Crippen LogP contribution is -1.96. The topological polar surface area (TPSA) is 56.0 Å². The summed E-state index contributed by atoms with van der Waals surface area (Å²) in [5.41, 5.74) is 6.74. The zero-order valence-corrected chi connectivity index (χ0v) is 6.72. The van der Waals surface area contributed by atoms with E-state index in [-0.39, 0.29) is 10.7 Å². The van der Waals surface area contributed by atoms with Gasteiger partial charge in [0.05, 0.1) is 10.7 Å². The molecule has 1 heterocycles. The molecule has 0 aliphatic carbocycles. The Bertz CT molecular complexity index is 299. The van der Waals surface area contributed by atoms with Gasteiger partial charge in [0.25, 0.3) is 0 Å². The van der Waals surface area contributed by atoms with Gasteiger partial charge < -0.3 is 5.73 Å². The van der Waals surface area contributed by atoms with Crippen LogP contribution in [0.1, 0.15) is 16.2 Å². The molecule has 0 fully saturated rings. The number of rotatable bonds is 1. The number of aldehydes is 1. The highest BCUT2D eigenvalue weighted by Crippen LogP contribution is 2.20. The molecule has 0 radical (unpaired) electrons. The Morgan fingerprint density at radius 2 is 2.36 bits per heavy atom. The van der Waals surface area contributed by atoms with Crippen molar-refractivity contribution in [2.24, 2.45) is 0 Å². The molecule has 0 atom stereocenters. The van der Waals surface area contributed by atoms with Crippen LogP contribution in [0.2, 0.25) is 5.02 Å². The van der Waals surface area contributed by atoms with Gasteiger partial charge in [0, 0.05) is 5.69 Å². The van der Waals surface area contributed by atoms with Crippen LogP contribution in [0.5, 0.6) is 0 Å². The quantitative estimate of drug-likeness (QED) is 0.649. The molecule has 0 spiro atoms. The van der Waals surface area contributed by atoms with Gasteiger partial charge in [-0.1, -0.05) is 11.6 Å². The molecule has 4 heteroatoms. The molecular formula is C7H7ClN2O. The van der Waals surface area contributed by atoms with E-state index in [0.717, 1.165) is 0 Å². The Hall–Kier alpha value is -1.09. The molecular weight excluding hydrogens is 164 g/mol. The lowest BCUT2D eigenvalue weighted by molar-refractivity contribution is 0.111. The summed E-state index contributed by atoms with van der Waals surface area (Å²) in [6.07, 6.45) is 0.589. The van der Waals surface area contributed by atoms with Crippen molar-refractivity contribution in [3.63, 3.8) is 0 Å². The van der Waals surface area contributed by atoms with Gasteiger partial charge in [-0.15, -0.1) is 0 Å². The number of nitrogens with two attached hydrogens (primary N) is 1. The number of hydrogen-bond donors (Lipinski definition) is 1. The number of carbonyl (C=O) groups is 1. The van der Waals surface area contributed by atoms with Gasteiger partial charge in [0.2, 0.25) is 0 Å². The molecule has 0 aliphatic rings. The molecule has 0 aromatic carbocycles. The summed E-state index contributed by atoms with van der Waals surface area (Å²) in [6, 6.07) is 1.62. The largest absolute Gasteiger partial charge is 0.397 e. The van der Waals surface area contributed by atoms with E-state index in [2.05, 4.69) is 4.98 Å². The van der Waals surface area contributed by atoms with Crippen LogP contribution in [0, 0.1) is 6.92 Å². The number of pyridine rings is 1. The summed E-state index contributed by atoms with van der Waals surface area (Å²) in [6.45, 7) is 1.75. The van der Waals surface area contributed by atoms with Crippen molar-refractivity contribution in [3.05, 3.63) is 22.5 Å². The first-order valence-electron chi connectivity index (χ1n) is 3.03. The maximum atomic E-state index is 10.3. The minimum Gasteiger partial charge on any atom is -0.397 e. The van der Waals surface area contributed by atoms with Crippen LogP contribution in [-0.2, 0) is 0 Å². The predicted octanol–water partition coefficient (Wildman–Crippen LogP) is 1.44. The third kappa shape index (κ3) is 1.49. The van der Waals surface area contributed by atoms with Crippen molar-refractivity contribution in [1.29, 1.82) is 0 Å². The Morgan fingerprint density at radius 3 is 2.91 bits per heavy atom. The highest BCUT2D eigenvalue weighted by atomic mass is 35.5. The minimum atomic E-state index is 0.198. The number of halogens is 1.